The van der Waals surface area contributed by atoms with Crippen molar-refractivity contribution in [3.8, 4) is 0 Å². The first-order chi connectivity index (χ1) is 12.3. The fraction of sp³-hybridized carbons (Fsp3) is 0.958. The van der Waals surface area contributed by atoms with Crippen LogP contribution in [0.25, 0.3) is 0 Å². The van der Waals surface area contributed by atoms with Crippen molar-refractivity contribution >= 4 is 6.29 Å². The summed E-state index contributed by atoms with van der Waals surface area (Å²) < 4.78 is 0. The monoisotopic (exact) mass is 354 g/mol. The number of aldehydes is 1. The maximum absolute atomic E-state index is 10.0. The minimum atomic E-state index is 0.760. The molecule has 0 atom stereocenters. The van der Waals surface area contributed by atoms with Crippen LogP contribution < -0.4 is 0 Å². The van der Waals surface area contributed by atoms with Crippen molar-refractivity contribution < 1.29 is 4.79 Å². The van der Waals surface area contributed by atoms with Crippen molar-refractivity contribution in [2.24, 2.45) is 0 Å². The van der Waals surface area contributed by atoms with Gasteiger partial charge in [0.2, 0.25) is 0 Å². The van der Waals surface area contributed by atoms with Gasteiger partial charge in [-0.3, -0.25) is 0 Å². The normalized spacial score (nSPS) is 10.4. The summed E-state index contributed by atoms with van der Waals surface area (Å²) in [4.78, 5) is 10.0. The van der Waals surface area contributed by atoms with E-state index >= 15 is 0 Å². The van der Waals surface area contributed by atoms with Crippen LogP contribution in [0.3, 0.4) is 0 Å². The van der Waals surface area contributed by atoms with Crippen LogP contribution >= 0.6 is 0 Å². The first kappa shape index (κ1) is 26.9. The molecule has 0 radical (unpaired) electrons. The van der Waals surface area contributed by atoms with Gasteiger partial charge in [0, 0.05) is 6.42 Å². The molecule has 0 N–H and O–H groups in total. The van der Waals surface area contributed by atoms with Gasteiger partial charge in [-0.05, 0) is 6.42 Å². The number of hydrogen-bond acceptors (Lipinski definition) is 1. The van der Waals surface area contributed by atoms with E-state index in [1.165, 1.54) is 116 Å². The fourth-order valence-electron chi connectivity index (χ4n) is 3.10. The van der Waals surface area contributed by atoms with E-state index in [9.17, 15) is 4.79 Å². The molecule has 1 heteroatoms. The summed E-state index contributed by atoms with van der Waals surface area (Å²) in [6, 6.07) is 0. The maximum atomic E-state index is 10.0. The summed E-state index contributed by atoms with van der Waals surface area (Å²) >= 11 is 0. The number of carbonyl (C=O) groups excluding carboxylic acids is 1. The molecule has 0 fully saturated rings. The van der Waals surface area contributed by atoms with Crippen LogP contribution in [-0.4, -0.2) is 6.29 Å². The van der Waals surface area contributed by atoms with Crippen LogP contribution in [-0.2, 0) is 4.79 Å². The molecule has 152 valence electrons. The Balaban J connectivity index is 0. The van der Waals surface area contributed by atoms with Crippen molar-refractivity contribution in [3.63, 3.8) is 0 Å². The van der Waals surface area contributed by atoms with E-state index in [1.807, 2.05) is 0 Å². The molecule has 0 heterocycles. The van der Waals surface area contributed by atoms with E-state index in [-0.39, 0.29) is 0 Å². The van der Waals surface area contributed by atoms with Gasteiger partial charge in [0.1, 0.15) is 6.29 Å². The van der Waals surface area contributed by atoms with Gasteiger partial charge < -0.3 is 4.79 Å². The summed E-state index contributed by atoms with van der Waals surface area (Å²) in [5.74, 6) is 0. The van der Waals surface area contributed by atoms with Gasteiger partial charge in [-0.2, -0.15) is 0 Å². The van der Waals surface area contributed by atoms with Crippen molar-refractivity contribution in [1.82, 2.24) is 0 Å². The van der Waals surface area contributed by atoms with E-state index in [4.69, 9.17) is 0 Å². The molecular formula is C24H50O. The molecule has 0 aromatic carbocycles. The molecule has 0 saturated heterocycles. The second-order valence-electron chi connectivity index (χ2n) is 7.61. The van der Waals surface area contributed by atoms with Gasteiger partial charge in [-0.25, -0.2) is 0 Å². The summed E-state index contributed by atoms with van der Waals surface area (Å²) in [6.07, 6.45) is 28.2. The molecule has 0 aliphatic carbocycles. The average molecular weight is 355 g/mol. The minimum Gasteiger partial charge on any atom is -0.303 e. The maximum Gasteiger partial charge on any atom is 0.119 e. The zero-order valence-corrected chi connectivity index (χ0v) is 18.1. The largest absolute Gasteiger partial charge is 0.303 e. The molecule has 0 aromatic rings. The van der Waals surface area contributed by atoms with Crippen LogP contribution in [0.2, 0.25) is 0 Å². The summed E-state index contributed by atoms with van der Waals surface area (Å²) in [7, 11) is 0. The highest BCUT2D eigenvalue weighted by Crippen LogP contribution is 2.10. The lowest BCUT2D eigenvalue weighted by molar-refractivity contribution is -0.107. The average Bonchev–Trinajstić information content (AvgIpc) is 2.63. The number of hydrogen-bond donors (Lipinski definition) is 0. The Hall–Kier alpha value is -0.330. The van der Waals surface area contributed by atoms with Crippen LogP contribution in [0, 0.1) is 0 Å². The molecule has 0 amide bonds. The van der Waals surface area contributed by atoms with Crippen LogP contribution in [0.5, 0.6) is 0 Å². The SMILES string of the molecule is CCCCCCCCCCCC.CCCCCCCCCCCC=O. The van der Waals surface area contributed by atoms with Crippen molar-refractivity contribution in [2.45, 2.75) is 149 Å². The first-order valence-corrected chi connectivity index (χ1v) is 11.8. The standard InChI is InChI=1S/C12H24O.C12H26/c1-2-3-4-5-6-7-8-9-10-11-12-13;1-3-5-7-9-11-12-10-8-6-4-2/h12H,2-11H2,1H3;3-12H2,1-2H3. The molecule has 0 aliphatic heterocycles. The molecule has 25 heavy (non-hydrogen) atoms. The van der Waals surface area contributed by atoms with Gasteiger partial charge in [-0.1, -0.05) is 136 Å². The molecule has 0 aromatic heterocycles. The van der Waals surface area contributed by atoms with Gasteiger partial charge in [0.25, 0.3) is 0 Å². The molecule has 0 spiro atoms. The van der Waals surface area contributed by atoms with Gasteiger partial charge >= 0.3 is 0 Å². The molecule has 1 nitrogen and oxygen atoms in total. The zero-order chi connectivity index (χ0) is 18.8. The fourth-order valence-corrected chi connectivity index (χ4v) is 3.10. The third-order valence-corrected chi connectivity index (χ3v) is 4.88. The van der Waals surface area contributed by atoms with Gasteiger partial charge in [0.15, 0.2) is 0 Å². The van der Waals surface area contributed by atoms with Crippen LogP contribution in [0.4, 0.5) is 0 Å². The predicted octanol–water partition coefficient (Wildman–Crippen LogP) is 9.03. The van der Waals surface area contributed by atoms with Crippen molar-refractivity contribution in [3.05, 3.63) is 0 Å². The third-order valence-electron chi connectivity index (χ3n) is 4.88. The Morgan fingerprint density at radius 2 is 0.640 bits per heavy atom. The van der Waals surface area contributed by atoms with E-state index in [0.29, 0.717) is 0 Å². The Morgan fingerprint density at radius 3 is 0.880 bits per heavy atom. The molecule has 0 saturated carbocycles. The van der Waals surface area contributed by atoms with E-state index < -0.39 is 0 Å². The van der Waals surface area contributed by atoms with Crippen molar-refractivity contribution in [1.29, 1.82) is 0 Å². The number of rotatable bonds is 19. The highest BCUT2D eigenvalue weighted by molar-refractivity contribution is 5.48. The quantitative estimate of drug-likeness (QED) is 0.167. The topological polar surface area (TPSA) is 17.1 Å². The summed E-state index contributed by atoms with van der Waals surface area (Å²) in [5, 5.41) is 0. The van der Waals surface area contributed by atoms with Gasteiger partial charge in [-0.15, -0.1) is 0 Å². The smallest absolute Gasteiger partial charge is 0.119 e. The lowest BCUT2D eigenvalue weighted by Crippen LogP contribution is -1.81. The second kappa shape index (κ2) is 28.5. The van der Waals surface area contributed by atoms with Crippen molar-refractivity contribution in [2.75, 3.05) is 0 Å². The predicted molar refractivity (Wildman–Crippen MR) is 115 cm³/mol. The lowest BCUT2D eigenvalue weighted by atomic mass is 10.1. The van der Waals surface area contributed by atoms with E-state index in [0.717, 1.165) is 19.1 Å². The van der Waals surface area contributed by atoms with Gasteiger partial charge in [0.05, 0.1) is 0 Å². The van der Waals surface area contributed by atoms with E-state index in [2.05, 4.69) is 20.8 Å². The summed E-state index contributed by atoms with van der Waals surface area (Å²) in [6.45, 7) is 6.81. The summed E-state index contributed by atoms with van der Waals surface area (Å²) in [5.41, 5.74) is 0. The number of unbranched alkanes of at least 4 members (excludes halogenated alkanes) is 18. The molecule has 0 unspecified atom stereocenters. The molecular weight excluding hydrogens is 304 g/mol. The van der Waals surface area contributed by atoms with Crippen LogP contribution in [0.1, 0.15) is 149 Å². The first-order valence-electron chi connectivity index (χ1n) is 11.8. The Labute approximate surface area is 160 Å². The lowest BCUT2D eigenvalue weighted by Gasteiger charge is -1.99. The van der Waals surface area contributed by atoms with Crippen LogP contribution in [0.15, 0.2) is 0 Å². The Morgan fingerprint density at radius 1 is 0.400 bits per heavy atom. The minimum absolute atomic E-state index is 0.760. The molecule has 0 bridgehead atoms. The zero-order valence-electron chi connectivity index (χ0n) is 18.1. The molecule has 0 aliphatic rings. The Bertz CT molecular complexity index is 202. The van der Waals surface area contributed by atoms with E-state index in [1.54, 1.807) is 0 Å². The highest BCUT2D eigenvalue weighted by Gasteiger charge is 1.91. The number of carbonyl (C=O) groups is 1. The molecule has 0 rings (SSSR count). The Kier molecular flexibility index (Phi) is 30.6. The highest BCUT2D eigenvalue weighted by atomic mass is 16.1. The second-order valence-corrected chi connectivity index (χ2v) is 7.61. The third kappa shape index (κ3) is 31.9.